The van der Waals surface area contributed by atoms with Gasteiger partial charge in [0.15, 0.2) is 0 Å². The largest absolute Gasteiger partial charge is 0.462 e. The molecule has 1 saturated heterocycles. The molecule has 1 aromatic rings. The highest BCUT2D eigenvalue weighted by Crippen LogP contribution is 2.32. The van der Waals surface area contributed by atoms with Crippen LogP contribution in [0, 0.1) is 0 Å². The minimum Gasteiger partial charge on any atom is -0.462 e. The van der Waals surface area contributed by atoms with E-state index in [1.165, 1.54) is 0 Å². The van der Waals surface area contributed by atoms with E-state index in [9.17, 15) is 4.79 Å². The Hall–Kier alpha value is -1.02. The van der Waals surface area contributed by atoms with Gasteiger partial charge in [0.25, 0.3) is 0 Å². The van der Waals surface area contributed by atoms with Gasteiger partial charge in [-0.2, -0.15) is 0 Å². The van der Waals surface area contributed by atoms with Crippen LogP contribution in [0.15, 0.2) is 24.3 Å². The molecule has 14 heavy (non-hydrogen) atoms. The summed E-state index contributed by atoms with van der Waals surface area (Å²) in [7, 11) is 0. The third-order valence-corrected chi connectivity index (χ3v) is 2.82. The summed E-state index contributed by atoms with van der Waals surface area (Å²) in [5, 5.41) is 0.714. The first kappa shape index (κ1) is 9.53. The number of benzene rings is 1. The molecule has 0 spiro atoms. The summed E-state index contributed by atoms with van der Waals surface area (Å²) in [5.74, 6) is 0.0669. The Morgan fingerprint density at radius 3 is 2.50 bits per heavy atom. The number of carbonyl (C=O) groups excluding carboxylic acids is 1. The molecule has 0 radical (unpaired) electrons. The molecular formula is C11H11ClO2. The fourth-order valence-corrected chi connectivity index (χ4v) is 1.91. The van der Waals surface area contributed by atoms with Crippen LogP contribution in [0.5, 0.6) is 0 Å². The highest BCUT2D eigenvalue weighted by atomic mass is 35.5. The molecule has 74 valence electrons. The number of cyclic esters (lactones) is 1. The van der Waals surface area contributed by atoms with E-state index in [2.05, 4.69) is 0 Å². The smallest absolute Gasteiger partial charge is 0.306 e. The lowest BCUT2D eigenvalue weighted by molar-refractivity contribution is -0.140. The van der Waals surface area contributed by atoms with Gasteiger partial charge in [0.05, 0.1) is 6.42 Å². The lowest BCUT2D eigenvalue weighted by Crippen LogP contribution is -2.09. The molecule has 1 fully saturated rings. The van der Waals surface area contributed by atoms with E-state index in [4.69, 9.17) is 16.3 Å². The van der Waals surface area contributed by atoms with Crippen LogP contribution in [0.3, 0.4) is 0 Å². The van der Waals surface area contributed by atoms with Gasteiger partial charge in [0.1, 0.15) is 6.10 Å². The Bertz CT molecular complexity index is 345. The first-order valence-corrected chi connectivity index (χ1v) is 4.99. The zero-order valence-corrected chi connectivity index (χ0v) is 8.62. The van der Waals surface area contributed by atoms with Crippen molar-refractivity contribution in [2.24, 2.45) is 0 Å². The predicted molar refractivity (Wildman–Crippen MR) is 54.4 cm³/mol. The average molecular weight is 211 g/mol. The van der Waals surface area contributed by atoms with Crippen LogP contribution in [-0.2, 0) is 9.53 Å². The molecule has 0 bridgehead atoms. The fourth-order valence-electron chi connectivity index (χ4n) is 1.78. The van der Waals surface area contributed by atoms with Crippen LogP contribution in [0.2, 0.25) is 5.02 Å². The van der Waals surface area contributed by atoms with Crippen LogP contribution in [-0.4, -0.2) is 12.1 Å². The number of halogens is 1. The van der Waals surface area contributed by atoms with Gasteiger partial charge in [-0.15, -0.1) is 0 Å². The molecule has 0 amide bonds. The number of hydrogen-bond donors (Lipinski definition) is 0. The molecule has 2 nitrogen and oxygen atoms in total. The van der Waals surface area contributed by atoms with E-state index in [1.54, 1.807) is 0 Å². The minimum atomic E-state index is -0.113. The first-order valence-electron chi connectivity index (χ1n) is 4.62. The summed E-state index contributed by atoms with van der Waals surface area (Å²) in [5.41, 5.74) is 1.12. The zero-order valence-electron chi connectivity index (χ0n) is 7.87. The van der Waals surface area contributed by atoms with Gasteiger partial charge in [0.2, 0.25) is 0 Å². The van der Waals surface area contributed by atoms with Gasteiger partial charge in [-0.3, -0.25) is 4.79 Å². The summed E-state index contributed by atoms with van der Waals surface area (Å²) in [4.78, 5) is 11.1. The third kappa shape index (κ3) is 1.75. The highest BCUT2D eigenvalue weighted by Gasteiger charge is 2.32. The molecule has 0 aliphatic carbocycles. The van der Waals surface area contributed by atoms with Crippen molar-refractivity contribution < 1.29 is 9.53 Å². The van der Waals surface area contributed by atoms with Crippen molar-refractivity contribution in [1.29, 1.82) is 0 Å². The van der Waals surface area contributed by atoms with Gasteiger partial charge >= 0.3 is 5.97 Å². The summed E-state index contributed by atoms with van der Waals surface area (Å²) < 4.78 is 5.09. The number of ether oxygens (including phenoxy) is 1. The van der Waals surface area contributed by atoms with Crippen molar-refractivity contribution in [3.05, 3.63) is 34.9 Å². The van der Waals surface area contributed by atoms with Crippen molar-refractivity contribution in [2.75, 3.05) is 0 Å². The molecule has 1 aliphatic rings. The molecule has 0 aromatic heterocycles. The third-order valence-electron chi connectivity index (χ3n) is 2.57. The van der Waals surface area contributed by atoms with Crippen LogP contribution in [0.25, 0.3) is 0 Å². The van der Waals surface area contributed by atoms with Gasteiger partial charge in [-0.05, 0) is 24.6 Å². The second kappa shape index (κ2) is 3.62. The Labute approximate surface area is 87.8 Å². The van der Waals surface area contributed by atoms with Crippen molar-refractivity contribution in [2.45, 2.75) is 25.4 Å². The molecule has 0 N–H and O–H groups in total. The SMILES string of the molecule is CC1OC(=O)C[C@@H]1c1ccc(Cl)cc1. The maximum Gasteiger partial charge on any atom is 0.306 e. The molecule has 1 unspecified atom stereocenters. The van der Waals surface area contributed by atoms with Crippen LogP contribution >= 0.6 is 11.6 Å². The standard InChI is InChI=1S/C11H11ClO2/c1-7-10(6-11(13)14-7)8-2-4-9(12)5-3-8/h2-5,7,10H,6H2,1H3/t7?,10-/m0/s1. The molecule has 1 aromatic carbocycles. The maximum atomic E-state index is 11.1. The van der Waals surface area contributed by atoms with E-state index in [-0.39, 0.29) is 18.0 Å². The summed E-state index contributed by atoms with van der Waals surface area (Å²) >= 11 is 5.79. The second-order valence-electron chi connectivity index (χ2n) is 3.56. The predicted octanol–water partition coefficient (Wildman–Crippen LogP) is 2.76. The average Bonchev–Trinajstić information content (AvgIpc) is 2.47. The van der Waals surface area contributed by atoms with Crippen LogP contribution in [0.4, 0.5) is 0 Å². The number of hydrogen-bond acceptors (Lipinski definition) is 2. The number of carbonyl (C=O) groups is 1. The number of rotatable bonds is 1. The molecule has 1 heterocycles. The topological polar surface area (TPSA) is 26.3 Å². The fraction of sp³-hybridized carbons (Fsp3) is 0.364. The summed E-state index contributed by atoms with van der Waals surface area (Å²) in [6.07, 6.45) is 0.451. The Morgan fingerprint density at radius 1 is 1.36 bits per heavy atom. The summed E-state index contributed by atoms with van der Waals surface area (Å²) in [6.45, 7) is 1.92. The molecule has 3 heteroatoms. The molecular weight excluding hydrogens is 200 g/mol. The second-order valence-corrected chi connectivity index (χ2v) is 3.99. The molecule has 2 atom stereocenters. The molecule has 0 saturated carbocycles. The van der Waals surface area contributed by atoms with Crippen molar-refractivity contribution in [1.82, 2.24) is 0 Å². The van der Waals surface area contributed by atoms with Crippen molar-refractivity contribution in [3.63, 3.8) is 0 Å². The Balaban J connectivity index is 2.23. The van der Waals surface area contributed by atoms with Crippen LogP contribution < -0.4 is 0 Å². The molecule has 2 rings (SSSR count). The lowest BCUT2D eigenvalue weighted by Gasteiger charge is -2.12. The van der Waals surface area contributed by atoms with Gasteiger partial charge in [-0.1, -0.05) is 23.7 Å². The highest BCUT2D eigenvalue weighted by molar-refractivity contribution is 6.30. The normalized spacial score (nSPS) is 26.3. The Morgan fingerprint density at radius 2 is 2.00 bits per heavy atom. The minimum absolute atomic E-state index is 0.0244. The molecule has 1 aliphatic heterocycles. The van der Waals surface area contributed by atoms with Crippen LogP contribution in [0.1, 0.15) is 24.8 Å². The van der Waals surface area contributed by atoms with Crippen molar-refractivity contribution >= 4 is 17.6 Å². The monoisotopic (exact) mass is 210 g/mol. The van der Waals surface area contributed by atoms with E-state index in [0.717, 1.165) is 5.56 Å². The van der Waals surface area contributed by atoms with E-state index < -0.39 is 0 Å². The quantitative estimate of drug-likeness (QED) is 0.667. The van der Waals surface area contributed by atoms with Gasteiger partial charge in [-0.25, -0.2) is 0 Å². The maximum absolute atomic E-state index is 11.1. The van der Waals surface area contributed by atoms with E-state index >= 15 is 0 Å². The van der Waals surface area contributed by atoms with Gasteiger partial charge in [0, 0.05) is 10.9 Å². The van der Waals surface area contributed by atoms with Gasteiger partial charge < -0.3 is 4.74 Å². The number of esters is 1. The lowest BCUT2D eigenvalue weighted by atomic mass is 9.93. The Kier molecular flexibility index (Phi) is 2.46. The first-order chi connectivity index (χ1) is 6.66. The zero-order chi connectivity index (χ0) is 10.1. The summed E-state index contributed by atoms with van der Waals surface area (Å²) in [6, 6.07) is 7.58. The van der Waals surface area contributed by atoms with E-state index in [0.29, 0.717) is 11.4 Å². The van der Waals surface area contributed by atoms with E-state index in [1.807, 2.05) is 31.2 Å². The van der Waals surface area contributed by atoms with Crippen molar-refractivity contribution in [3.8, 4) is 0 Å².